The normalized spacial score (nSPS) is 10.0. The molecule has 94 valence electrons. The van der Waals surface area contributed by atoms with Gasteiger partial charge in [-0.1, -0.05) is 5.16 Å². The topological polar surface area (TPSA) is 81.4 Å². The molecular weight excluding hydrogens is 292 g/mol. The van der Waals surface area contributed by atoms with Crippen LogP contribution in [-0.4, -0.2) is 30.2 Å². The Morgan fingerprint density at radius 2 is 2.35 bits per heavy atom. The van der Waals surface area contributed by atoms with Crippen molar-refractivity contribution in [2.45, 2.75) is 19.8 Å². The van der Waals surface area contributed by atoms with Gasteiger partial charge in [0.2, 0.25) is 5.76 Å². The number of amides is 1. The molecule has 1 heterocycles. The molecule has 0 saturated heterocycles. The lowest BCUT2D eigenvalue weighted by Gasteiger charge is -2.02. The number of nitrogens with zero attached hydrogens (tertiary/aromatic N) is 1. The minimum atomic E-state index is -0.355. The molecule has 1 aromatic rings. The van der Waals surface area contributed by atoms with E-state index in [9.17, 15) is 9.59 Å². The summed E-state index contributed by atoms with van der Waals surface area (Å²) in [5, 5.41) is 6.13. The first kappa shape index (κ1) is 13.7. The molecule has 0 aliphatic carbocycles. The van der Waals surface area contributed by atoms with Crippen LogP contribution in [0.25, 0.3) is 0 Å². The maximum Gasteiger partial charge on any atom is 0.305 e. The minimum Gasteiger partial charge on any atom is -0.466 e. The first-order valence-corrected chi connectivity index (χ1v) is 5.98. The van der Waals surface area contributed by atoms with E-state index in [-0.39, 0.29) is 24.1 Å². The first-order chi connectivity index (χ1) is 8.13. The zero-order chi connectivity index (χ0) is 12.7. The van der Waals surface area contributed by atoms with Crippen LogP contribution in [0.15, 0.2) is 15.2 Å². The molecule has 0 aromatic carbocycles. The number of ether oxygens (including phenoxy) is 1. The van der Waals surface area contributed by atoms with Crippen molar-refractivity contribution in [3.8, 4) is 0 Å². The molecular formula is C10H13BrN2O4. The number of carbonyl (C=O) groups is 2. The second-order valence-electron chi connectivity index (χ2n) is 3.18. The standard InChI is InChI=1S/C10H13BrN2O4/c1-2-16-9(14)4-3-5-12-10(15)7-6-8(11)13-17-7/h6H,2-5H2,1H3,(H,12,15). The van der Waals surface area contributed by atoms with E-state index in [2.05, 4.69) is 26.4 Å². The van der Waals surface area contributed by atoms with Crippen LogP contribution in [0.5, 0.6) is 0 Å². The van der Waals surface area contributed by atoms with Crippen molar-refractivity contribution in [3.63, 3.8) is 0 Å². The third-order valence-electron chi connectivity index (χ3n) is 1.85. The van der Waals surface area contributed by atoms with Crippen molar-refractivity contribution in [2.24, 2.45) is 0 Å². The van der Waals surface area contributed by atoms with Gasteiger partial charge in [-0.05, 0) is 29.3 Å². The monoisotopic (exact) mass is 304 g/mol. The fourth-order valence-corrected chi connectivity index (χ4v) is 1.40. The predicted molar refractivity (Wildman–Crippen MR) is 62.4 cm³/mol. The van der Waals surface area contributed by atoms with Gasteiger partial charge in [-0.15, -0.1) is 0 Å². The Balaban J connectivity index is 2.19. The number of esters is 1. The Morgan fingerprint density at radius 1 is 1.59 bits per heavy atom. The summed E-state index contributed by atoms with van der Waals surface area (Å²) in [6, 6.07) is 1.47. The highest BCUT2D eigenvalue weighted by Crippen LogP contribution is 2.09. The van der Waals surface area contributed by atoms with Crippen molar-refractivity contribution in [3.05, 3.63) is 16.4 Å². The van der Waals surface area contributed by atoms with E-state index in [0.717, 1.165) is 0 Å². The lowest BCUT2D eigenvalue weighted by molar-refractivity contribution is -0.143. The number of hydrogen-bond acceptors (Lipinski definition) is 5. The molecule has 1 rings (SSSR count). The van der Waals surface area contributed by atoms with Crippen LogP contribution in [0.2, 0.25) is 0 Å². The summed E-state index contributed by atoms with van der Waals surface area (Å²) in [7, 11) is 0. The van der Waals surface area contributed by atoms with Crippen molar-refractivity contribution < 1.29 is 18.8 Å². The molecule has 1 aromatic heterocycles. The summed E-state index contributed by atoms with van der Waals surface area (Å²) in [6.45, 7) is 2.51. The Hall–Kier alpha value is -1.37. The number of rotatable bonds is 6. The number of hydrogen-bond donors (Lipinski definition) is 1. The molecule has 0 aliphatic rings. The molecule has 7 heteroatoms. The molecule has 0 unspecified atom stereocenters. The largest absolute Gasteiger partial charge is 0.466 e. The molecule has 17 heavy (non-hydrogen) atoms. The van der Waals surface area contributed by atoms with E-state index in [1.807, 2.05) is 0 Å². The molecule has 6 nitrogen and oxygen atoms in total. The fourth-order valence-electron chi connectivity index (χ4n) is 1.12. The van der Waals surface area contributed by atoms with Crippen LogP contribution in [0, 0.1) is 0 Å². The van der Waals surface area contributed by atoms with Crippen LogP contribution in [-0.2, 0) is 9.53 Å². The average molecular weight is 305 g/mol. The molecule has 0 fully saturated rings. The van der Waals surface area contributed by atoms with Crippen LogP contribution < -0.4 is 5.32 Å². The first-order valence-electron chi connectivity index (χ1n) is 5.19. The molecule has 0 saturated carbocycles. The maximum absolute atomic E-state index is 11.4. The minimum absolute atomic E-state index is 0.132. The van der Waals surface area contributed by atoms with Crippen LogP contribution in [0.1, 0.15) is 30.3 Å². The summed E-state index contributed by atoms with van der Waals surface area (Å²) < 4.78 is 9.96. The second-order valence-corrected chi connectivity index (χ2v) is 3.99. The fraction of sp³-hybridized carbons (Fsp3) is 0.500. The quantitative estimate of drug-likeness (QED) is 0.636. The van der Waals surface area contributed by atoms with E-state index in [0.29, 0.717) is 24.2 Å². The molecule has 0 aliphatic heterocycles. The number of carbonyl (C=O) groups excluding carboxylic acids is 2. The second kappa shape index (κ2) is 7.05. The average Bonchev–Trinajstić information content (AvgIpc) is 2.71. The van der Waals surface area contributed by atoms with Crippen molar-refractivity contribution >= 4 is 27.8 Å². The van der Waals surface area contributed by atoms with Gasteiger partial charge in [-0.3, -0.25) is 9.59 Å². The third kappa shape index (κ3) is 4.99. The molecule has 1 N–H and O–H groups in total. The van der Waals surface area contributed by atoms with E-state index < -0.39 is 0 Å². The Bertz CT molecular complexity index is 391. The van der Waals surface area contributed by atoms with Gasteiger partial charge in [0.25, 0.3) is 5.91 Å². The highest BCUT2D eigenvalue weighted by molar-refractivity contribution is 9.10. The summed E-state index contributed by atoms with van der Waals surface area (Å²) in [5.41, 5.74) is 0. The maximum atomic E-state index is 11.4. The van der Waals surface area contributed by atoms with Crippen LogP contribution >= 0.6 is 15.9 Å². The smallest absolute Gasteiger partial charge is 0.305 e. The molecule has 0 bridgehead atoms. The van der Waals surface area contributed by atoms with Gasteiger partial charge in [-0.25, -0.2) is 0 Å². The van der Waals surface area contributed by atoms with Gasteiger partial charge in [0.05, 0.1) is 6.61 Å². The molecule has 0 atom stereocenters. The summed E-state index contributed by atoms with van der Waals surface area (Å²) in [5.74, 6) is -0.482. The number of halogens is 1. The predicted octanol–water partition coefficient (Wildman–Crippen LogP) is 1.51. The third-order valence-corrected chi connectivity index (χ3v) is 2.23. The van der Waals surface area contributed by atoms with Gasteiger partial charge < -0.3 is 14.6 Å². The van der Waals surface area contributed by atoms with E-state index in [1.165, 1.54) is 6.07 Å². The Labute approximate surface area is 107 Å². The van der Waals surface area contributed by atoms with E-state index >= 15 is 0 Å². The Kier molecular flexibility index (Phi) is 5.68. The van der Waals surface area contributed by atoms with Crippen LogP contribution in [0.3, 0.4) is 0 Å². The van der Waals surface area contributed by atoms with Gasteiger partial charge >= 0.3 is 5.97 Å². The zero-order valence-electron chi connectivity index (χ0n) is 9.36. The van der Waals surface area contributed by atoms with Gasteiger partial charge in [0.15, 0.2) is 0 Å². The SMILES string of the molecule is CCOC(=O)CCCNC(=O)c1cc(Br)no1. The van der Waals surface area contributed by atoms with Crippen LogP contribution in [0.4, 0.5) is 0 Å². The van der Waals surface area contributed by atoms with Gasteiger partial charge in [0, 0.05) is 19.0 Å². The highest BCUT2D eigenvalue weighted by Gasteiger charge is 2.11. The zero-order valence-corrected chi connectivity index (χ0v) is 10.9. The summed E-state index contributed by atoms with van der Waals surface area (Å²) in [6.07, 6.45) is 0.814. The lowest BCUT2D eigenvalue weighted by atomic mass is 10.3. The highest BCUT2D eigenvalue weighted by atomic mass is 79.9. The lowest BCUT2D eigenvalue weighted by Crippen LogP contribution is -2.24. The molecule has 0 radical (unpaired) electrons. The molecule has 1 amide bonds. The van der Waals surface area contributed by atoms with Crippen molar-refractivity contribution in [2.75, 3.05) is 13.2 Å². The number of aromatic nitrogens is 1. The van der Waals surface area contributed by atoms with E-state index in [4.69, 9.17) is 9.26 Å². The van der Waals surface area contributed by atoms with Crippen molar-refractivity contribution in [1.29, 1.82) is 0 Å². The molecule has 0 spiro atoms. The summed E-state index contributed by atoms with van der Waals surface area (Å²) >= 11 is 3.07. The van der Waals surface area contributed by atoms with E-state index in [1.54, 1.807) is 6.92 Å². The van der Waals surface area contributed by atoms with Gasteiger partial charge in [-0.2, -0.15) is 0 Å². The van der Waals surface area contributed by atoms with Gasteiger partial charge in [0.1, 0.15) is 4.60 Å². The Morgan fingerprint density at radius 3 is 2.94 bits per heavy atom. The van der Waals surface area contributed by atoms with Crippen molar-refractivity contribution in [1.82, 2.24) is 10.5 Å². The summed E-state index contributed by atoms with van der Waals surface area (Å²) in [4.78, 5) is 22.4. The number of nitrogens with one attached hydrogen (secondary N) is 1.